The Morgan fingerprint density at radius 3 is 2.00 bits per heavy atom. The number of aryl methyl sites for hydroxylation is 4. The second-order valence-corrected chi connectivity index (χ2v) is 6.25. The monoisotopic (exact) mass is 254 g/mol. The van der Waals surface area contributed by atoms with Crippen molar-refractivity contribution < 1.29 is 0 Å². The van der Waals surface area contributed by atoms with Crippen LogP contribution in [0.1, 0.15) is 29.2 Å². The lowest BCUT2D eigenvalue weighted by atomic mass is 10.0. The molecule has 0 nitrogen and oxygen atoms in total. The van der Waals surface area contributed by atoms with Gasteiger partial charge in [0.25, 0.3) is 0 Å². The van der Waals surface area contributed by atoms with Gasteiger partial charge in [0.1, 0.15) is 0 Å². The third kappa shape index (κ3) is 1.65. The minimum absolute atomic E-state index is 1.12. The number of benzene rings is 2. The zero-order valence-corrected chi connectivity index (χ0v) is 12.2. The second kappa shape index (κ2) is 4.10. The van der Waals surface area contributed by atoms with Crippen molar-refractivity contribution in [3.63, 3.8) is 0 Å². The van der Waals surface area contributed by atoms with Crippen LogP contribution in [-0.4, -0.2) is 0 Å². The number of rotatable bonds is 1. The Morgan fingerprint density at radius 2 is 1.33 bits per heavy atom. The molecular weight excluding hydrogens is 236 g/mol. The molecule has 0 fully saturated rings. The first-order valence-electron chi connectivity index (χ1n) is 6.53. The second-order valence-electron chi connectivity index (χ2n) is 5.16. The first kappa shape index (κ1) is 11.7. The van der Waals surface area contributed by atoms with Crippen LogP contribution >= 0.6 is 11.3 Å². The maximum Gasteiger partial charge on any atom is 0.0358 e. The van der Waals surface area contributed by atoms with Crippen molar-refractivity contribution in [1.29, 1.82) is 0 Å². The molecule has 0 bridgehead atoms. The Labute approximate surface area is 112 Å². The van der Waals surface area contributed by atoms with E-state index in [1.807, 2.05) is 11.3 Å². The van der Waals surface area contributed by atoms with Gasteiger partial charge in [-0.25, -0.2) is 0 Å². The predicted octanol–water partition coefficient (Wildman–Crippen LogP) is 5.54. The van der Waals surface area contributed by atoms with Crippen LogP contribution in [0.4, 0.5) is 0 Å². The highest BCUT2D eigenvalue weighted by atomic mass is 32.1. The topological polar surface area (TPSA) is 0 Å². The summed E-state index contributed by atoms with van der Waals surface area (Å²) >= 11 is 1.92. The Hall–Kier alpha value is -1.34. The maximum absolute atomic E-state index is 2.39. The molecule has 0 N–H and O–H groups in total. The van der Waals surface area contributed by atoms with Gasteiger partial charge in [-0.1, -0.05) is 6.92 Å². The molecule has 1 aromatic heterocycles. The molecule has 0 unspecified atom stereocenters. The highest BCUT2D eigenvalue weighted by Crippen LogP contribution is 2.36. The van der Waals surface area contributed by atoms with Crippen LogP contribution in [0.15, 0.2) is 24.3 Å². The fourth-order valence-electron chi connectivity index (χ4n) is 2.61. The van der Waals surface area contributed by atoms with Gasteiger partial charge >= 0.3 is 0 Å². The summed E-state index contributed by atoms with van der Waals surface area (Å²) in [5, 5.41) is 2.85. The van der Waals surface area contributed by atoms with Crippen molar-refractivity contribution in [1.82, 2.24) is 0 Å². The quantitative estimate of drug-likeness (QED) is 0.534. The minimum Gasteiger partial charge on any atom is -0.135 e. The molecule has 1 heterocycles. The van der Waals surface area contributed by atoms with E-state index in [4.69, 9.17) is 0 Å². The summed E-state index contributed by atoms with van der Waals surface area (Å²) in [6, 6.07) is 9.41. The minimum atomic E-state index is 1.12. The molecule has 92 valence electrons. The van der Waals surface area contributed by atoms with Crippen molar-refractivity contribution in [3.8, 4) is 0 Å². The summed E-state index contributed by atoms with van der Waals surface area (Å²) < 4.78 is 2.84. The van der Waals surface area contributed by atoms with Gasteiger partial charge < -0.3 is 0 Å². The smallest absolute Gasteiger partial charge is 0.0358 e. The number of hydrogen-bond acceptors (Lipinski definition) is 1. The average molecular weight is 254 g/mol. The van der Waals surface area contributed by atoms with Crippen LogP contribution in [0, 0.1) is 20.8 Å². The maximum atomic E-state index is 2.39. The molecule has 0 aliphatic rings. The Morgan fingerprint density at radius 1 is 0.778 bits per heavy atom. The summed E-state index contributed by atoms with van der Waals surface area (Å²) in [6.45, 7) is 8.85. The first-order valence-corrected chi connectivity index (χ1v) is 7.34. The Bertz CT molecular complexity index is 747. The average Bonchev–Trinajstić information content (AvgIpc) is 2.65. The van der Waals surface area contributed by atoms with Crippen molar-refractivity contribution >= 4 is 31.5 Å². The van der Waals surface area contributed by atoms with Crippen LogP contribution in [-0.2, 0) is 6.42 Å². The molecule has 0 saturated heterocycles. The van der Waals surface area contributed by atoms with E-state index >= 15 is 0 Å². The molecule has 1 heteroatoms. The van der Waals surface area contributed by atoms with Crippen LogP contribution < -0.4 is 0 Å². The molecule has 18 heavy (non-hydrogen) atoms. The Balaban J connectivity index is 2.45. The van der Waals surface area contributed by atoms with Crippen molar-refractivity contribution in [2.45, 2.75) is 34.1 Å². The largest absolute Gasteiger partial charge is 0.135 e. The van der Waals surface area contributed by atoms with Gasteiger partial charge in [0, 0.05) is 20.2 Å². The highest BCUT2D eigenvalue weighted by Gasteiger charge is 2.08. The third-order valence-electron chi connectivity index (χ3n) is 3.93. The summed E-state index contributed by atoms with van der Waals surface area (Å²) in [4.78, 5) is 0. The van der Waals surface area contributed by atoms with Gasteiger partial charge in [0.2, 0.25) is 0 Å². The van der Waals surface area contributed by atoms with Gasteiger partial charge in [-0.15, -0.1) is 11.3 Å². The normalized spacial score (nSPS) is 11.6. The van der Waals surface area contributed by atoms with Crippen molar-refractivity contribution in [2.75, 3.05) is 0 Å². The van der Waals surface area contributed by atoms with Crippen LogP contribution in [0.3, 0.4) is 0 Å². The van der Waals surface area contributed by atoms with Gasteiger partial charge in [0.05, 0.1) is 0 Å². The fourth-order valence-corrected chi connectivity index (χ4v) is 3.87. The van der Waals surface area contributed by atoms with Gasteiger partial charge in [0.15, 0.2) is 0 Å². The van der Waals surface area contributed by atoms with E-state index in [-0.39, 0.29) is 0 Å². The SMILES string of the molecule is CCc1cc2c(cc1C)sc1cc(C)c(C)cc12. The first-order chi connectivity index (χ1) is 8.60. The summed E-state index contributed by atoms with van der Waals surface area (Å²) in [5.41, 5.74) is 5.67. The molecule has 0 aliphatic carbocycles. The molecule has 0 aliphatic heterocycles. The van der Waals surface area contributed by atoms with Crippen molar-refractivity contribution in [3.05, 3.63) is 46.5 Å². The Kier molecular flexibility index (Phi) is 2.67. The lowest BCUT2D eigenvalue weighted by Crippen LogP contribution is -1.85. The van der Waals surface area contributed by atoms with Gasteiger partial charge in [-0.3, -0.25) is 0 Å². The molecule has 3 aromatic rings. The van der Waals surface area contributed by atoms with E-state index in [1.165, 1.54) is 42.4 Å². The molecule has 0 atom stereocenters. The number of thiophene rings is 1. The fraction of sp³-hybridized carbons (Fsp3) is 0.294. The lowest BCUT2D eigenvalue weighted by Gasteiger charge is -2.03. The van der Waals surface area contributed by atoms with Gasteiger partial charge in [-0.05, 0) is 73.7 Å². The van der Waals surface area contributed by atoms with Crippen LogP contribution in [0.25, 0.3) is 20.2 Å². The number of fused-ring (bicyclic) bond motifs is 3. The van der Waals surface area contributed by atoms with E-state index in [0.717, 1.165) is 6.42 Å². The molecular formula is C17H18S. The van der Waals surface area contributed by atoms with Crippen LogP contribution in [0.2, 0.25) is 0 Å². The lowest BCUT2D eigenvalue weighted by molar-refractivity contribution is 1.12. The zero-order valence-electron chi connectivity index (χ0n) is 11.4. The van der Waals surface area contributed by atoms with E-state index in [2.05, 4.69) is 52.0 Å². The molecule has 0 radical (unpaired) electrons. The van der Waals surface area contributed by atoms with E-state index in [0.29, 0.717) is 0 Å². The van der Waals surface area contributed by atoms with E-state index in [1.54, 1.807) is 0 Å². The molecule has 0 spiro atoms. The van der Waals surface area contributed by atoms with Crippen LogP contribution in [0.5, 0.6) is 0 Å². The molecule has 3 rings (SSSR count). The standard InChI is InChI=1S/C17H18S/c1-5-13-9-15-14-6-10(2)11(3)7-16(14)18-17(15)8-12(13)4/h6-9H,5H2,1-4H3. The number of hydrogen-bond donors (Lipinski definition) is 0. The zero-order chi connectivity index (χ0) is 12.9. The molecule has 2 aromatic carbocycles. The van der Waals surface area contributed by atoms with Gasteiger partial charge in [-0.2, -0.15) is 0 Å². The summed E-state index contributed by atoms with van der Waals surface area (Å²) in [6.07, 6.45) is 1.12. The van der Waals surface area contributed by atoms with E-state index in [9.17, 15) is 0 Å². The summed E-state index contributed by atoms with van der Waals surface area (Å²) in [5.74, 6) is 0. The van der Waals surface area contributed by atoms with E-state index < -0.39 is 0 Å². The predicted molar refractivity (Wildman–Crippen MR) is 82.9 cm³/mol. The summed E-state index contributed by atoms with van der Waals surface area (Å²) in [7, 11) is 0. The van der Waals surface area contributed by atoms with Crippen molar-refractivity contribution in [2.24, 2.45) is 0 Å². The highest BCUT2D eigenvalue weighted by molar-refractivity contribution is 7.25. The molecule has 0 amide bonds. The molecule has 0 saturated carbocycles. The third-order valence-corrected chi connectivity index (χ3v) is 5.04.